The van der Waals surface area contributed by atoms with Gasteiger partial charge in [0.25, 0.3) is 0 Å². The van der Waals surface area contributed by atoms with Crippen LogP contribution in [0.5, 0.6) is 11.5 Å². The Balaban J connectivity index is 1.50. The molecule has 0 bridgehead atoms. The molecule has 7 nitrogen and oxygen atoms in total. The summed E-state index contributed by atoms with van der Waals surface area (Å²) < 4.78 is 39.5. The third kappa shape index (κ3) is 11.3. The molecule has 5 rings (SSSR count). The predicted octanol–water partition coefficient (Wildman–Crippen LogP) is 11.7. The van der Waals surface area contributed by atoms with Crippen LogP contribution in [0.25, 0.3) is 11.1 Å². The van der Waals surface area contributed by atoms with Gasteiger partial charge in [0.2, 0.25) is 0 Å². The van der Waals surface area contributed by atoms with Gasteiger partial charge in [-0.1, -0.05) is 113 Å². The van der Waals surface area contributed by atoms with Crippen LogP contribution in [0, 0.1) is 0 Å². The first-order chi connectivity index (χ1) is 26.6. The second-order valence-electron chi connectivity index (χ2n) is 13.7. The SMILES string of the molecule is CCCCCCCCC(=O)c1ccc(N(C)C)c(C(=O)c2ccccc2-c2ccc(Sc3ccc(OCCCC)cc3)c(S(=O)(=O)Oc3ccccc3)c2)c1. The largest absolute Gasteiger partial charge is 0.494 e. The molecule has 5 aromatic rings. The van der Waals surface area contributed by atoms with E-state index in [0.29, 0.717) is 51.4 Å². The number of hydrogen-bond donors (Lipinski definition) is 0. The van der Waals surface area contributed by atoms with Gasteiger partial charge in [-0.05, 0) is 90.7 Å². The van der Waals surface area contributed by atoms with Gasteiger partial charge in [0.05, 0.1) is 6.61 Å². The third-order valence-corrected chi connectivity index (χ3v) is 11.8. The first kappa shape index (κ1) is 41.3. The fourth-order valence-electron chi connectivity index (χ4n) is 6.24. The van der Waals surface area contributed by atoms with Gasteiger partial charge in [0.15, 0.2) is 11.6 Å². The lowest BCUT2D eigenvalue weighted by atomic mass is 9.91. The van der Waals surface area contributed by atoms with Gasteiger partial charge in [-0.15, -0.1) is 0 Å². The molecule has 0 unspecified atom stereocenters. The van der Waals surface area contributed by atoms with E-state index >= 15 is 0 Å². The molecule has 0 fully saturated rings. The van der Waals surface area contributed by atoms with Crippen LogP contribution in [-0.4, -0.2) is 40.7 Å². The molecule has 0 saturated heterocycles. The van der Waals surface area contributed by atoms with Crippen LogP contribution in [-0.2, 0) is 10.1 Å². The fraction of sp³-hybridized carbons (Fsp3) is 0.304. The van der Waals surface area contributed by atoms with E-state index in [0.717, 1.165) is 42.7 Å². The maximum atomic E-state index is 14.5. The van der Waals surface area contributed by atoms with E-state index < -0.39 is 10.1 Å². The minimum absolute atomic E-state index is 0.0168. The van der Waals surface area contributed by atoms with Gasteiger partial charge in [-0.2, -0.15) is 8.42 Å². The molecule has 0 amide bonds. The second-order valence-corrected chi connectivity index (χ2v) is 16.4. The molecular weight excluding hydrogens is 727 g/mol. The highest BCUT2D eigenvalue weighted by Crippen LogP contribution is 2.39. The third-order valence-electron chi connectivity index (χ3n) is 9.27. The Morgan fingerprint density at radius 3 is 2.09 bits per heavy atom. The minimum Gasteiger partial charge on any atom is -0.494 e. The molecule has 0 aliphatic carbocycles. The standard InChI is InChI=1S/C46H51NO6S2/c1-5-7-9-10-11-15-22-43(48)35-23-29-42(47(3)4)41(32-35)46(49)40-21-17-16-20-39(40)34-24-30-44(54-38-27-25-36(26-28-38)52-31-8-6-2)45(33-34)55(50,51)53-37-18-13-12-14-19-37/h12-14,16-21,23-30,32-33H,5-11,15,22,31H2,1-4H3. The zero-order valence-corrected chi connectivity index (χ0v) is 33.9. The summed E-state index contributed by atoms with van der Waals surface area (Å²) in [6.07, 6.45) is 8.93. The molecule has 0 N–H and O–H groups in total. The van der Waals surface area contributed by atoms with Crippen molar-refractivity contribution in [3.05, 3.63) is 132 Å². The van der Waals surface area contributed by atoms with Crippen molar-refractivity contribution in [1.82, 2.24) is 0 Å². The minimum atomic E-state index is -4.33. The summed E-state index contributed by atoms with van der Waals surface area (Å²) in [7, 11) is -0.597. The Labute approximate surface area is 331 Å². The molecule has 0 aliphatic heterocycles. The maximum absolute atomic E-state index is 14.5. The van der Waals surface area contributed by atoms with Crippen molar-refractivity contribution in [3.63, 3.8) is 0 Å². The number of para-hydroxylation sites is 1. The van der Waals surface area contributed by atoms with Gasteiger partial charge in [0.1, 0.15) is 16.4 Å². The second kappa shape index (κ2) is 20.2. The average Bonchev–Trinajstić information content (AvgIpc) is 3.19. The number of rotatable bonds is 21. The Morgan fingerprint density at radius 1 is 0.673 bits per heavy atom. The number of anilines is 1. The lowest BCUT2D eigenvalue weighted by molar-refractivity contribution is 0.0979. The number of carbonyl (C=O) groups excluding carboxylic acids is 2. The van der Waals surface area contributed by atoms with Crippen LogP contribution in [0.3, 0.4) is 0 Å². The van der Waals surface area contributed by atoms with Crippen LogP contribution in [0.15, 0.2) is 130 Å². The van der Waals surface area contributed by atoms with Crippen LogP contribution < -0.4 is 13.8 Å². The zero-order chi connectivity index (χ0) is 39.2. The molecule has 288 valence electrons. The number of nitrogens with zero attached hydrogens (tertiary/aromatic N) is 1. The molecule has 5 aromatic carbocycles. The van der Waals surface area contributed by atoms with Crippen molar-refractivity contribution in [2.45, 2.75) is 86.3 Å². The van der Waals surface area contributed by atoms with Crippen LogP contribution in [0.4, 0.5) is 5.69 Å². The number of benzene rings is 5. The van der Waals surface area contributed by atoms with E-state index in [1.165, 1.54) is 31.0 Å². The molecule has 0 radical (unpaired) electrons. The van der Waals surface area contributed by atoms with Crippen molar-refractivity contribution in [1.29, 1.82) is 0 Å². The zero-order valence-electron chi connectivity index (χ0n) is 32.3. The van der Waals surface area contributed by atoms with Crippen LogP contribution in [0.1, 0.15) is 97.9 Å². The maximum Gasteiger partial charge on any atom is 0.340 e. The van der Waals surface area contributed by atoms with Crippen molar-refractivity contribution in [3.8, 4) is 22.6 Å². The number of ketones is 2. The normalized spacial score (nSPS) is 11.3. The van der Waals surface area contributed by atoms with Crippen molar-refractivity contribution in [2.24, 2.45) is 0 Å². The Bertz CT molecular complexity index is 2150. The van der Waals surface area contributed by atoms with Gasteiger partial charge >= 0.3 is 10.1 Å². The highest BCUT2D eigenvalue weighted by molar-refractivity contribution is 8.00. The van der Waals surface area contributed by atoms with E-state index in [1.54, 1.807) is 66.7 Å². The van der Waals surface area contributed by atoms with Gasteiger partial charge in [0, 0.05) is 52.7 Å². The molecular formula is C46H51NO6S2. The Hall–Kier alpha value is -4.86. The molecule has 55 heavy (non-hydrogen) atoms. The molecule has 0 heterocycles. The summed E-state index contributed by atoms with van der Waals surface area (Å²) in [6, 6.07) is 33.6. The molecule has 9 heteroatoms. The smallest absolute Gasteiger partial charge is 0.340 e. The summed E-state index contributed by atoms with van der Waals surface area (Å²) >= 11 is 1.30. The number of unbranched alkanes of at least 4 members (excludes halogenated alkanes) is 6. The molecule has 0 aliphatic rings. The lowest BCUT2D eigenvalue weighted by Gasteiger charge is -2.19. The molecule has 0 aromatic heterocycles. The lowest BCUT2D eigenvalue weighted by Crippen LogP contribution is -2.16. The van der Waals surface area contributed by atoms with E-state index in [1.807, 2.05) is 67.5 Å². The molecule has 0 atom stereocenters. The monoisotopic (exact) mass is 777 g/mol. The van der Waals surface area contributed by atoms with E-state index in [-0.39, 0.29) is 22.2 Å². The van der Waals surface area contributed by atoms with Crippen molar-refractivity contribution >= 4 is 39.1 Å². The number of hydrogen-bond acceptors (Lipinski definition) is 8. The van der Waals surface area contributed by atoms with Crippen LogP contribution in [0.2, 0.25) is 0 Å². The first-order valence-corrected chi connectivity index (χ1v) is 21.4. The molecule has 0 spiro atoms. The Kier molecular flexibility index (Phi) is 15.1. The number of ether oxygens (including phenoxy) is 1. The van der Waals surface area contributed by atoms with Gasteiger partial charge in [-0.25, -0.2) is 0 Å². The first-order valence-electron chi connectivity index (χ1n) is 19.1. The summed E-state index contributed by atoms with van der Waals surface area (Å²) in [5.74, 6) is 0.691. The van der Waals surface area contributed by atoms with Crippen LogP contribution >= 0.6 is 11.8 Å². The van der Waals surface area contributed by atoms with Gasteiger partial charge in [-0.3, -0.25) is 9.59 Å². The van der Waals surface area contributed by atoms with E-state index in [4.69, 9.17) is 8.92 Å². The van der Waals surface area contributed by atoms with Crippen molar-refractivity contribution < 1.29 is 26.9 Å². The fourth-order valence-corrected chi connectivity index (χ4v) is 8.53. The highest BCUT2D eigenvalue weighted by atomic mass is 32.2. The van der Waals surface area contributed by atoms with Crippen molar-refractivity contribution in [2.75, 3.05) is 25.6 Å². The number of Topliss-reactive ketones (excluding diaryl/α,β-unsaturated/α-hetero) is 1. The van der Waals surface area contributed by atoms with E-state index in [2.05, 4.69) is 13.8 Å². The number of carbonyl (C=O) groups is 2. The van der Waals surface area contributed by atoms with E-state index in [9.17, 15) is 18.0 Å². The quantitative estimate of drug-likeness (QED) is 0.0413. The average molecular weight is 778 g/mol. The Morgan fingerprint density at radius 2 is 1.36 bits per heavy atom. The predicted molar refractivity (Wildman–Crippen MR) is 224 cm³/mol. The highest BCUT2D eigenvalue weighted by Gasteiger charge is 2.25. The summed E-state index contributed by atoms with van der Waals surface area (Å²) in [6.45, 7) is 4.93. The summed E-state index contributed by atoms with van der Waals surface area (Å²) in [5.41, 5.74) is 3.07. The van der Waals surface area contributed by atoms with Gasteiger partial charge < -0.3 is 13.8 Å². The topological polar surface area (TPSA) is 90.0 Å². The summed E-state index contributed by atoms with van der Waals surface area (Å²) in [5, 5.41) is 0. The summed E-state index contributed by atoms with van der Waals surface area (Å²) in [4.78, 5) is 31.0. The molecule has 0 saturated carbocycles.